The second-order valence-electron chi connectivity index (χ2n) is 4.48. The molecule has 0 aliphatic rings. The SMILES string of the molecule is O=C(COC(=O)c1ccccc1Br)Nc1ccccc1OC(F)F. The molecule has 0 unspecified atom stereocenters. The fourth-order valence-corrected chi connectivity index (χ4v) is 2.24. The van der Waals surface area contributed by atoms with E-state index in [-0.39, 0.29) is 17.0 Å². The van der Waals surface area contributed by atoms with Crippen LogP contribution < -0.4 is 10.1 Å². The number of benzene rings is 2. The average molecular weight is 400 g/mol. The van der Waals surface area contributed by atoms with Gasteiger partial charge >= 0.3 is 12.6 Å². The maximum absolute atomic E-state index is 12.3. The Hall–Kier alpha value is -2.48. The van der Waals surface area contributed by atoms with Gasteiger partial charge < -0.3 is 14.8 Å². The Morgan fingerprint density at radius 2 is 1.75 bits per heavy atom. The first-order valence-electron chi connectivity index (χ1n) is 6.72. The van der Waals surface area contributed by atoms with Gasteiger partial charge in [-0.25, -0.2) is 4.79 Å². The molecule has 0 radical (unpaired) electrons. The van der Waals surface area contributed by atoms with Gasteiger partial charge in [-0.2, -0.15) is 8.78 Å². The number of amides is 1. The summed E-state index contributed by atoms with van der Waals surface area (Å²) in [5, 5.41) is 2.35. The summed E-state index contributed by atoms with van der Waals surface area (Å²) < 4.78 is 34.3. The van der Waals surface area contributed by atoms with Crippen molar-refractivity contribution in [2.24, 2.45) is 0 Å². The minimum Gasteiger partial charge on any atom is -0.452 e. The van der Waals surface area contributed by atoms with Crippen LogP contribution in [0.4, 0.5) is 14.5 Å². The van der Waals surface area contributed by atoms with Crippen molar-refractivity contribution >= 4 is 33.5 Å². The Labute approximate surface area is 144 Å². The molecular weight excluding hydrogens is 388 g/mol. The van der Waals surface area contributed by atoms with Crippen LogP contribution in [0.25, 0.3) is 0 Å². The molecule has 1 amide bonds. The first kappa shape index (κ1) is 17.9. The van der Waals surface area contributed by atoms with Crippen LogP contribution in [0, 0.1) is 0 Å². The number of ether oxygens (including phenoxy) is 2. The normalized spacial score (nSPS) is 10.3. The van der Waals surface area contributed by atoms with Crippen LogP contribution in [0.2, 0.25) is 0 Å². The highest BCUT2D eigenvalue weighted by Crippen LogP contribution is 2.25. The topological polar surface area (TPSA) is 64.6 Å². The van der Waals surface area contributed by atoms with E-state index in [1.54, 1.807) is 24.3 Å². The van der Waals surface area contributed by atoms with Gasteiger partial charge in [-0.3, -0.25) is 4.79 Å². The molecule has 24 heavy (non-hydrogen) atoms. The third-order valence-electron chi connectivity index (χ3n) is 2.81. The number of hydrogen-bond donors (Lipinski definition) is 1. The maximum Gasteiger partial charge on any atom is 0.387 e. The second kappa shape index (κ2) is 8.39. The van der Waals surface area contributed by atoms with Crippen molar-refractivity contribution in [3.8, 4) is 5.75 Å². The number of nitrogens with one attached hydrogen (secondary N) is 1. The Bertz CT molecular complexity index is 740. The fraction of sp³-hybridized carbons (Fsp3) is 0.125. The minimum absolute atomic E-state index is 0.0553. The lowest BCUT2D eigenvalue weighted by molar-refractivity contribution is -0.119. The summed E-state index contributed by atoms with van der Waals surface area (Å²) in [7, 11) is 0. The summed E-state index contributed by atoms with van der Waals surface area (Å²) in [5.74, 6) is -1.55. The molecule has 0 heterocycles. The van der Waals surface area contributed by atoms with Crippen molar-refractivity contribution in [1.29, 1.82) is 0 Å². The predicted octanol–water partition coefficient (Wildman–Crippen LogP) is 3.85. The highest BCUT2D eigenvalue weighted by molar-refractivity contribution is 9.10. The Kier molecular flexibility index (Phi) is 6.25. The molecule has 0 spiro atoms. The van der Waals surface area contributed by atoms with Gasteiger partial charge in [-0.15, -0.1) is 0 Å². The largest absolute Gasteiger partial charge is 0.452 e. The van der Waals surface area contributed by atoms with Crippen molar-refractivity contribution < 1.29 is 27.8 Å². The van der Waals surface area contributed by atoms with Crippen molar-refractivity contribution in [3.05, 3.63) is 58.6 Å². The van der Waals surface area contributed by atoms with E-state index in [0.717, 1.165) is 0 Å². The van der Waals surface area contributed by atoms with Crippen molar-refractivity contribution in [2.75, 3.05) is 11.9 Å². The van der Waals surface area contributed by atoms with Crippen molar-refractivity contribution in [3.63, 3.8) is 0 Å². The Morgan fingerprint density at radius 3 is 2.46 bits per heavy atom. The molecule has 5 nitrogen and oxygen atoms in total. The van der Waals surface area contributed by atoms with E-state index >= 15 is 0 Å². The van der Waals surface area contributed by atoms with E-state index in [1.165, 1.54) is 24.3 Å². The Morgan fingerprint density at radius 1 is 1.08 bits per heavy atom. The quantitative estimate of drug-likeness (QED) is 0.749. The molecule has 0 aliphatic heterocycles. The first-order chi connectivity index (χ1) is 11.5. The van der Waals surface area contributed by atoms with Gasteiger partial charge in [0, 0.05) is 4.47 Å². The molecule has 0 saturated heterocycles. The molecule has 2 aromatic rings. The minimum atomic E-state index is -3.02. The number of esters is 1. The average Bonchev–Trinajstić information content (AvgIpc) is 2.54. The summed E-state index contributed by atoms with van der Waals surface area (Å²) in [6, 6.07) is 12.3. The van der Waals surface area contributed by atoms with Gasteiger partial charge in [0.05, 0.1) is 11.3 Å². The van der Waals surface area contributed by atoms with Gasteiger partial charge in [0.15, 0.2) is 6.61 Å². The Balaban J connectivity index is 1.95. The predicted molar refractivity (Wildman–Crippen MR) is 86.1 cm³/mol. The summed E-state index contributed by atoms with van der Waals surface area (Å²) in [6.07, 6.45) is 0. The van der Waals surface area contributed by atoms with E-state index < -0.39 is 25.1 Å². The van der Waals surface area contributed by atoms with Crippen molar-refractivity contribution in [1.82, 2.24) is 0 Å². The standard InChI is InChI=1S/C16H12BrF2NO4/c17-11-6-2-1-5-10(11)15(22)23-9-14(21)20-12-7-3-4-8-13(12)24-16(18)19/h1-8,16H,9H2,(H,20,21). The van der Waals surface area contributed by atoms with Crippen LogP contribution in [0.3, 0.4) is 0 Å². The number of para-hydroxylation sites is 2. The zero-order valence-corrected chi connectivity index (χ0v) is 13.8. The summed E-state index contributed by atoms with van der Waals surface area (Å²) in [5.41, 5.74) is 0.325. The van der Waals surface area contributed by atoms with Crippen LogP contribution in [-0.4, -0.2) is 25.1 Å². The fourth-order valence-electron chi connectivity index (χ4n) is 1.79. The lowest BCUT2D eigenvalue weighted by Crippen LogP contribution is -2.21. The molecule has 126 valence electrons. The van der Waals surface area contributed by atoms with Crippen LogP contribution in [0.1, 0.15) is 10.4 Å². The van der Waals surface area contributed by atoms with E-state index in [9.17, 15) is 18.4 Å². The first-order valence-corrected chi connectivity index (χ1v) is 7.52. The second-order valence-corrected chi connectivity index (χ2v) is 5.33. The van der Waals surface area contributed by atoms with Crippen LogP contribution in [0.5, 0.6) is 5.75 Å². The van der Waals surface area contributed by atoms with Gasteiger partial charge in [0.1, 0.15) is 5.75 Å². The molecule has 0 bridgehead atoms. The molecule has 0 fully saturated rings. The monoisotopic (exact) mass is 399 g/mol. The number of anilines is 1. The molecule has 0 aromatic heterocycles. The van der Waals surface area contributed by atoms with Crippen molar-refractivity contribution in [2.45, 2.75) is 6.61 Å². The number of carbonyl (C=O) groups excluding carboxylic acids is 2. The molecule has 2 rings (SSSR count). The summed E-state index contributed by atoms with van der Waals surface area (Å²) in [6.45, 7) is -3.58. The van der Waals surface area contributed by atoms with Gasteiger partial charge in [0.25, 0.3) is 5.91 Å². The molecule has 0 aliphatic carbocycles. The molecule has 1 N–H and O–H groups in total. The van der Waals surface area contributed by atoms with Crippen LogP contribution >= 0.6 is 15.9 Å². The summed E-state index contributed by atoms with van der Waals surface area (Å²) in [4.78, 5) is 23.7. The lowest BCUT2D eigenvalue weighted by atomic mass is 10.2. The van der Waals surface area contributed by atoms with E-state index in [4.69, 9.17) is 4.74 Å². The zero-order chi connectivity index (χ0) is 17.5. The van der Waals surface area contributed by atoms with Gasteiger partial charge in [-0.05, 0) is 40.2 Å². The lowest BCUT2D eigenvalue weighted by Gasteiger charge is -2.12. The van der Waals surface area contributed by atoms with E-state index in [2.05, 4.69) is 26.0 Å². The van der Waals surface area contributed by atoms with E-state index in [0.29, 0.717) is 4.47 Å². The molecule has 2 aromatic carbocycles. The number of rotatable bonds is 6. The molecule has 8 heteroatoms. The van der Waals surface area contributed by atoms with E-state index in [1.807, 2.05) is 0 Å². The van der Waals surface area contributed by atoms with Crippen LogP contribution in [0.15, 0.2) is 53.0 Å². The van der Waals surface area contributed by atoms with Gasteiger partial charge in [0.2, 0.25) is 0 Å². The molecular formula is C16H12BrF2NO4. The smallest absolute Gasteiger partial charge is 0.387 e. The molecule has 0 saturated carbocycles. The van der Waals surface area contributed by atoms with Crippen LogP contribution in [-0.2, 0) is 9.53 Å². The zero-order valence-electron chi connectivity index (χ0n) is 12.2. The molecule has 0 atom stereocenters. The third-order valence-corrected chi connectivity index (χ3v) is 3.50. The third kappa shape index (κ3) is 5.02. The number of alkyl halides is 2. The highest BCUT2D eigenvalue weighted by Gasteiger charge is 2.15. The van der Waals surface area contributed by atoms with Gasteiger partial charge in [-0.1, -0.05) is 24.3 Å². The number of halogens is 3. The number of hydrogen-bond acceptors (Lipinski definition) is 4. The highest BCUT2D eigenvalue weighted by atomic mass is 79.9. The summed E-state index contributed by atoms with van der Waals surface area (Å²) >= 11 is 3.20. The number of carbonyl (C=O) groups is 2. The maximum atomic E-state index is 12.3.